The molecule has 0 radical (unpaired) electrons. The van der Waals surface area contributed by atoms with Crippen LogP contribution in [0.3, 0.4) is 0 Å². The molecule has 0 spiro atoms. The summed E-state index contributed by atoms with van der Waals surface area (Å²) >= 11 is 0. The molecule has 2 aliphatic rings. The molecule has 3 unspecified atom stereocenters. The van der Waals surface area contributed by atoms with Gasteiger partial charge in [0.15, 0.2) is 0 Å². The molecule has 1 N–H and O–H groups in total. The maximum Gasteiger partial charge on any atom is 0.410 e. The van der Waals surface area contributed by atoms with E-state index in [1.54, 1.807) is 11.0 Å². The van der Waals surface area contributed by atoms with Crippen LogP contribution in [0.5, 0.6) is 0 Å². The smallest absolute Gasteiger partial charge is 0.410 e. The van der Waals surface area contributed by atoms with Crippen LogP contribution < -0.4 is 0 Å². The van der Waals surface area contributed by atoms with Gasteiger partial charge in [0.25, 0.3) is 0 Å². The van der Waals surface area contributed by atoms with Gasteiger partial charge in [0.05, 0.1) is 5.92 Å². The molecule has 2 rings (SSSR count). The number of likely N-dealkylation sites (tertiary alicyclic amines) is 1. The Morgan fingerprint density at radius 3 is 2.89 bits per heavy atom. The summed E-state index contributed by atoms with van der Waals surface area (Å²) in [5, 5.41) is 8.93. The van der Waals surface area contributed by atoms with E-state index in [1.165, 1.54) is 0 Å². The van der Waals surface area contributed by atoms with Crippen LogP contribution >= 0.6 is 0 Å². The van der Waals surface area contributed by atoms with Crippen LogP contribution in [0, 0.1) is 17.8 Å². The summed E-state index contributed by atoms with van der Waals surface area (Å²) in [7, 11) is 0. The molecule has 5 nitrogen and oxygen atoms in total. The Bertz CT molecular complexity index is 355. The number of aliphatic carboxylic acids is 1. The van der Waals surface area contributed by atoms with Crippen LogP contribution in [0.2, 0.25) is 0 Å². The fraction of sp³-hybridized carbons (Fsp3) is 0.692. The number of carboxylic acid groups (broad SMARTS) is 1. The van der Waals surface area contributed by atoms with Gasteiger partial charge in [0.1, 0.15) is 6.61 Å². The van der Waals surface area contributed by atoms with Crippen LogP contribution in [0.1, 0.15) is 19.3 Å². The first-order chi connectivity index (χ1) is 8.63. The molecular formula is C13H19NO4. The highest BCUT2D eigenvalue weighted by atomic mass is 16.6. The van der Waals surface area contributed by atoms with Gasteiger partial charge < -0.3 is 14.7 Å². The molecule has 1 heterocycles. The highest BCUT2D eigenvalue weighted by molar-refractivity contribution is 5.73. The lowest BCUT2D eigenvalue weighted by molar-refractivity contribution is -0.139. The van der Waals surface area contributed by atoms with Crippen LogP contribution in [-0.2, 0) is 9.53 Å². The maximum absolute atomic E-state index is 11.7. The minimum Gasteiger partial charge on any atom is -0.481 e. The van der Waals surface area contributed by atoms with Gasteiger partial charge in [-0.3, -0.25) is 4.79 Å². The van der Waals surface area contributed by atoms with Gasteiger partial charge >= 0.3 is 12.1 Å². The summed E-state index contributed by atoms with van der Waals surface area (Å²) in [5.41, 5.74) is 0. The second-order valence-electron chi connectivity index (χ2n) is 5.06. The van der Waals surface area contributed by atoms with Crippen molar-refractivity contribution in [2.75, 3.05) is 19.7 Å². The van der Waals surface area contributed by atoms with Crippen molar-refractivity contribution in [3.8, 4) is 0 Å². The van der Waals surface area contributed by atoms with Crippen molar-refractivity contribution >= 4 is 12.1 Å². The van der Waals surface area contributed by atoms with Gasteiger partial charge in [-0.2, -0.15) is 0 Å². The molecule has 100 valence electrons. The average molecular weight is 253 g/mol. The number of rotatable bonds is 4. The lowest BCUT2D eigenvalue weighted by atomic mass is 9.92. The standard InChI is InChI=1S/C13H19NO4/c1-2-6-18-13(17)14-5-3-4-9(8-14)10-7-11(10)12(15)16/h2,9-11H,1,3-8H2,(H,15,16). The second-order valence-corrected chi connectivity index (χ2v) is 5.06. The number of amides is 1. The first kappa shape index (κ1) is 12.9. The van der Waals surface area contributed by atoms with E-state index >= 15 is 0 Å². The van der Waals surface area contributed by atoms with E-state index in [2.05, 4.69) is 6.58 Å². The van der Waals surface area contributed by atoms with Crippen LogP contribution in [0.4, 0.5) is 4.79 Å². The van der Waals surface area contributed by atoms with Crippen molar-refractivity contribution in [3.05, 3.63) is 12.7 Å². The summed E-state index contributed by atoms with van der Waals surface area (Å²) in [6.45, 7) is 5.06. The third-order valence-electron chi connectivity index (χ3n) is 3.80. The Hall–Kier alpha value is -1.52. The van der Waals surface area contributed by atoms with Gasteiger partial charge in [-0.15, -0.1) is 0 Å². The minimum atomic E-state index is -0.702. The first-order valence-corrected chi connectivity index (χ1v) is 6.39. The van der Waals surface area contributed by atoms with E-state index in [9.17, 15) is 9.59 Å². The van der Waals surface area contributed by atoms with Crippen LogP contribution in [0.25, 0.3) is 0 Å². The Morgan fingerprint density at radius 2 is 2.28 bits per heavy atom. The number of carbonyl (C=O) groups excluding carboxylic acids is 1. The Morgan fingerprint density at radius 1 is 1.50 bits per heavy atom. The predicted molar refractivity (Wildman–Crippen MR) is 65.1 cm³/mol. The third kappa shape index (κ3) is 2.83. The fourth-order valence-electron chi connectivity index (χ4n) is 2.77. The Kier molecular flexibility index (Phi) is 3.89. The summed E-state index contributed by atoms with van der Waals surface area (Å²) < 4.78 is 5.01. The highest BCUT2D eigenvalue weighted by Gasteiger charge is 2.48. The second kappa shape index (κ2) is 5.42. The molecule has 1 aliphatic carbocycles. The van der Waals surface area contributed by atoms with E-state index in [1.807, 2.05) is 0 Å². The molecule has 3 atom stereocenters. The minimum absolute atomic E-state index is 0.195. The summed E-state index contributed by atoms with van der Waals surface area (Å²) in [4.78, 5) is 24.2. The molecule has 0 bridgehead atoms. The van der Waals surface area contributed by atoms with Crippen molar-refractivity contribution in [1.82, 2.24) is 4.90 Å². The molecule has 1 aliphatic heterocycles. The number of ether oxygens (including phenoxy) is 1. The van der Waals surface area contributed by atoms with Crippen LogP contribution in [0.15, 0.2) is 12.7 Å². The molecule has 18 heavy (non-hydrogen) atoms. The Balaban J connectivity index is 1.83. The molecule has 2 fully saturated rings. The molecular weight excluding hydrogens is 234 g/mol. The van der Waals surface area contributed by atoms with Crippen molar-refractivity contribution in [1.29, 1.82) is 0 Å². The topological polar surface area (TPSA) is 66.8 Å². The quantitative estimate of drug-likeness (QED) is 0.775. The number of carbonyl (C=O) groups is 2. The molecule has 0 aromatic rings. The first-order valence-electron chi connectivity index (χ1n) is 6.39. The molecule has 1 saturated carbocycles. The largest absolute Gasteiger partial charge is 0.481 e. The van der Waals surface area contributed by atoms with E-state index in [4.69, 9.17) is 9.84 Å². The van der Waals surface area contributed by atoms with E-state index < -0.39 is 5.97 Å². The molecule has 1 amide bonds. The fourth-order valence-corrected chi connectivity index (χ4v) is 2.77. The summed E-state index contributed by atoms with van der Waals surface area (Å²) in [5.74, 6) is -0.334. The van der Waals surface area contributed by atoms with Gasteiger partial charge in [0, 0.05) is 13.1 Å². The van der Waals surface area contributed by atoms with E-state index in [0.717, 1.165) is 19.3 Å². The highest BCUT2D eigenvalue weighted by Crippen LogP contribution is 2.47. The molecule has 0 aromatic heterocycles. The van der Waals surface area contributed by atoms with Gasteiger partial charge in [-0.25, -0.2) is 4.79 Å². The summed E-state index contributed by atoms with van der Waals surface area (Å²) in [6, 6.07) is 0. The Labute approximate surface area is 106 Å². The molecule has 0 aromatic carbocycles. The maximum atomic E-state index is 11.7. The predicted octanol–water partition coefficient (Wildman–Crippen LogP) is 1.74. The lowest BCUT2D eigenvalue weighted by Gasteiger charge is -2.32. The van der Waals surface area contributed by atoms with Gasteiger partial charge in [0.2, 0.25) is 0 Å². The van der Waals surface area contributed by atoms with Crippen molar-refractivity contribution in [3.63, 3.8) is 0 Å². The number of piperidine rings is 1. The number of hydrogen-bond donors (Lipinski definition) is 1. The van der Waals surface area contributed by atoms with Gasteiger partial charge in [-0.05, 0) is 31.1 Å². The number of nitrogens with zero attached hydrogens (tertiary/aromatic N) is 1. The lowest BCUT2D eigenvalue weighted by Crippen LogP contribution is -2.41. The zero-order valence-electron chi connectivity index (χ0n) is 10.4. The van der Waals surface area contributed by atoms with Crippen molar-refractivity contribution < 1.29 is 19.4 Å². The van der Waals surface area contributed by atoms with Crippen molar-refractivity contribution in [2.24, 2.45) is 17.8 Å². The average Bonchev–Trinajstić information content (AvgIpc) is 3.16. The third-order valence-corrected chi connectivity index (χ3v) is 3.80. The normalized spacial score (nSPS) is 30.7. The number of carboxylic acids is 1. The monoisotopic (exact) mass is 253 g/mol. The zero-order valence-corrected chi connectivity index (χ0v) is 10.4. The molecule has 5 heteroatoms. The zero-order chi connectivity index (χ0) is 13.1. The molecule has 1 saturated heterocycles. The number of hydrogen-bond acceptors (Lipinski definition) is 3. The van der Waals surface area contributed by atoms with E-state index in [0.29, 0.717) is 19.0 Å². The van der Waals surface area contributed by atoms with Gasteiger partial charge in [-0.1, -0.05) is 12.7 Å². The van der Waals surface area contributed by atoms with Crippen molar-refractivity contribution in [2.45, 2.75) is 19.3 Å². The van der Waals surface area contributed by atoms with Crippen LogP contribution in [-0.4, -0.2) is 41.8 Å². The SMILES string of the molecule is C=CCOC(=O)N1CCCC(C2CC2C(=O)O)C1. The van der Waals surface area contributed by atoms with E-state index in [-0.39, 0.29) is 24.5 Å². The summed E-state index contributed by atoms with van der Waals surface area (Å²) in [6.07, 6.45) is 3.93.